The van der Waals surface area contributed by atoms with Gasteiger partial charge in [-0.3, -0.25) is 19.8 Å². The van der Waals surface area contributed by atoms with Crippen molar-refractivity contribution in [2.24, 2.45) is 0 Å². The first-order valence-electron chi connectivity index (χ1n) is 18.1. The molecule has 4 aromatic carbocycles. The number of nitrogens with zero attached hydrogens (tertiary/aromatic N) is 4. The number of benzene rings is 4. The summed E-state index contributed by atoms with van der Waals surface area (Å²) < 4.78 is 28.8. The summed E-state index contributed by atoms with van der Waals surface area (Å²) in [6.45, 7) is 7.12. The number of nitro benzene ring substituents is 1. The van der Waals surface area contributed by atoms with Crippen LogP contribution in [0.1, 0.15) is 27.2 Å². The molecule has 1 fully saturated rings. The molecule has 1 aromatic heterocycles. The van der Waals surface area contributed by atoms with E-state index in [-0.39, 0.29) is 27.9 Å². The van der Waals surface area contributed by atoms with E-state index >= 15 is 0 Å². The number of piperazine rings is 1. The van der Waals surface area contributed by atoms with E-state index in [1.165, 1.54) is 33.0 Å². The third-order valence-electron chi connectivity index (χ3n) is 9.47. The van der Waals surface area contributed by atoms with Crippen molar-refractivity contribution in [2.45, 2.75) is 35.7 Å². The predicted molar refractivity (Wildman–Crippen MR) is 224 cm³/mol. The highest BCUT2D eigenvalue weighted by Crippen LogP contribution is 2.32. The first kappa shape index (κ1) is 39.9. The Bertz CT molecular complexity index is 2190. The highest BCUT2D eigenvalue weighted by Gasteiger charge is 2.26. The number of nitro groups is 1. The number of hydrogen-bond acceptors (Lipinski definition) is 11. The Morgan fingerprint density at radius 3 is 2.31 bits per heavy atom. The molecule has 2 N–H and O–H groups in total. The van der Waals surface area contributed by atoms with Crippen LogP contribution in [-0.4, -0.2) is 87.7 Å². The maximum Gasteiger partial charge on any atom is 0.293 e. The molecule has 14 heteroatoms. The van der Waals surface area contributed by atoms with Crippen LogP contribution in [0.5, 0.6) is 0 Å². The van der Waals surface area contributed by atoms with Crippen LogP contribution in [0.15, 0.2) is 119 Å². The zero-order chi connectivity index (χ0) is 39.0. The molecule has 288 valence electrons. The Balaban J connectivity index is 1.06. The van der Waals surface area contributed by atoms with Gasteiger partial charge in [-0.1, -0.05) is 42.5 Å². The van der Waals surface area contributed by atoms with Crippen molar-refractivity contribution in [2.75, 3.05) is 62.8 Å². The molecule has 55 heavy (non-hydrogen) atoms. The fraction of sp³-hybridized carbons (Fsp3) is 0.293. The summed E-state index contributed by atoms with van der Waals surface area (Å²) in [7, 11) is -0.494. The van der Waals surface area contributed by atoms with Crippen LogP contribution < -0.4 is 14.9 Å². The van der Waals surface area contributed by atoms with Crippen LogP contribution in [-0.2, 0) is 16.6 Å². The van der Waals surface area contributed by atoms with E-state index in [0.29, 0.717) is 12.2 Å². The van der Waals surface area contributed by atoms with Gasteiger partial charge in [0, 0.05) is 76.5 Å². The second-order valence-electron chi connectivity index (χ2n) is 13.8. The first-order chi connectivity index (χ1) is 26.4. The fourth-order valence-electron chi connectivity index (χ4n) is 6.44. The van der Waals surface area contributed by atoms with Crippen LogP contribution >= 0.6 is 23.1 Å². The smallest absolute Gasteiger partial charge is 0.293 e. The normalized spacial score (nSPS) is 14.1. The molecule has 11 nitrogen and oxygen atoms in total. The standard InChI is InChI=1S/C41H46N6O5S3/c1-30-13-20-40(54-30)37-12-8-7-9-32(37)28-45-23-25-46(26-24-45)34-16-14-31(15-17-34)41(48)43-55(51,52)36-18-19-38(39(27-36)47(49)50)42-33(21-22-44(2)3)29-53-35-10-5-4-6-11-35/h4-20,27,33,42H,21-26,28-29H2,1-3H3,(H,43,48)/t33-/m1/s1. The topological polar surface area (TPSA) is 128 Å². The molecule has 1 aliphatic heterocycles. The summed E-state index contributed by atoms with van der Waals surface area (Å²) >= 11 is 3.44. The zero-order valence-electron chi connectivity index (χ0n) is 31.2. The summed E-state index contributed by atoms with van der Waals surface area (Å²) in [6.07, 6.45) is 0.709. The SMILES string of the molecule is Cc1ccc(-c2ccccc2CN2CCN(c3ccc(C(=O)NS(=O)(=O)c4ccc(N[C@H](CCN(C)C)CSc5ccccc5)c([N+](=O)[O-])c4)cc3)CC2)s1. The van der Waals surface area contributed by atoms with Crippen LogP contribution in [0.25, 0.3) is 10.4 Å². The number of nitrogens with one attached hydrogen (secondary N) is 2. The second kappa shape index (κ2) is 18.3. The highest BCUT2D eigenvalue weighted by molar-refractivity contribution is 7.99. The number of carbonyl (C=O) groups excluding carboxylic acids is 1. The van der Waals surface area contributed by atoms with E-state index in [9.17, 15) is 23.3 Å². The van der Waals surface area contributed by atoms with E-state index in [1.807, 2.05) is 72.8 Å². The molecule has 1 aliphatic rings. The quantitative estimate of drug-likeness (QED) is 0.0586. The second-order valence-corrected chi connectivity index (χ2v) is 17.9. The lowest BCUT2D eigenvalue weighted by molar-refractivity contribution is -0.384. The molecular weight excluding hydrogens is 753 g/mol. The van der Waals surface area contributed by atoms with Crippen molar-refractivity contribution in [1.29, 1.82) is 0 Å². The van der Waals surface area contributed by atoms with Gasteiger partial charge >= 0.3 is 0 Å². The van der Waals surface area contributed by atoms with Gasteiger partial charge in [0.1, 0.15) is 5.69 Å². The van der Waals surface area contributed by atoms with Crippen LogP contribution in [0.2, 0.25) is 0 Å². The lowest BCUT2D eigenvalue weighted by Crippen LogP contribution is -2.46. The van der Waals surface area contributed by atoms with E-state index in [4.69, 9.17) is 0 Å². The average molecular weight is 799 g/mol. The summed E-state index contributed by atoms with van der Waals surface area (Å²) in [5, 5.41) is 15.4. The number of carbonyl (C=O) groups is 1. The molecule has 1 saturated heterocycles. The maximum atomic E-state index is 13.3. The van der Waals surface area contributed by atoms with Crippen LogP contribution in [0.3, 0.4) is 0 Å². The Labute approximate surface area is 331 Å². The number of hydrogen-bond donors (Lipinski definition) is 2. The zero-order valence-corrected chi connectivity index (χ0v) is 33.6. The number of sulfonamides is 1. The van der Waals surface area contributed by atoms with Gasteiger partial charge in [-0.2, -0.15) is 0 Å². The molecule has 0 spiro atoms. The minimum Gasteiger partial charge on any atom is -0.376 e. The van der Waals surface area contributed by atoms with Gasteiger partial charge in [0.05, 0.1) is 9.82 Å². The number of thiophene rings is 1. The van der Waals surface area contributed by atoms with Crippen molar-refractivity contribution in [1.82, 2.24) is 14.5 Å². The summed E-state index contributed by atoms with van der Waals surface area (Å²) in [4.78, 5) is 34.7. The number of aryl methyl sites for hydroxylation is 1. The van der Waals surface area contributed by atoms with Crippen molar-refractivity contribution < 1.29 is 18.1 Å². The van der Waals surface area contributed by atoms with Crippen molar-refractivity contribution >= 4 is 56.1 Å². The largest absolute Gasteiger partial charge is 0.376 e. The van der Waals surface area contributed by atoms with Crippen molar-refractivity contribution in [3.63, 3.8) is 0 Å². The minimum absolute atomic E-state index is 0.135. The minimum atomic E-state index is -4.42. The molecule has 2 heterocycles. The maximum absolute atomic E-state index is 13.3. The number of thioether (sulfide) groups is 1. The Morgan fingerprint density at radius 1 is 0.927 bits per heavy atom. The third-order valence-corrected chi connectivity index (χ3v) is 13.0. The van der Waals surface area contributed by atoms with Crippen molar-refractivity contribution in [3.05, 3.63) is 135 Å². The average Bonchev–Trinajstić information content (AvgIpc) is 3.62. The molecule has 5 aromatic rings. The molecule has 0 aliphatic carbocycles. The molecule has 1 atom stereocenters. The molecule has 0 saturated carbocycles. The van der Waals surface area contributed by atoms with E-state index in [2.05, 4.69) is 63.2 Å². The van der Waals surface area contributed by atoms with Gasteiger partial charge in [0.25, 0.3) is 21.6 Å². The van der Waals surface area contributed by atoms with Crippen LogP contribution in [0.4, 0.5) is 17.1 Å². The molecule has 0 unspecified atom stereocenters. The monoisotopic (exact) mass is 798 g/mol. The van der Waals surface area contributed by atoms with Gasteiger partial charge in [-0.25, -0.2) is 13.1 Å². The molecule has 0 bridgehead atoms. The highest BCUT2D eigenvalue weighted by atomic mass is 32.2. The van der Waals surface area contributed by atoms with Crippen molar-refractivity contribution in [3.8, 4) is 10.4 Å². The molecular formula is C41H46N6O5S3. The van der Waals surface area contributed by atoms with Gasteiger partial charge < -0.3 is 15.1 Å². The van der Waals surface area contributed by atoms with Gasteiger partial charge in [0.2, 0.25) is 0 Å². The first-order valence-corrected chi connectivity index (χ1v) is 21.4. The van der Waals surface area contributed by atoms with E-state index in [0.717, 1.165) is 55.9 Å². The predicted octanol–water partition coefficient (Wildman–Crippen LogP) is 7.60. The lowest BCUT2D eigenvalue weighted by Gasteiger charge is -2.36. The summed E-state index contributed by atoms with van der Waals surface area (Å²) in [5.74, 6) is -0.173. The van der Waals surface area contributed by atoms with Gasteiger partial charge in [-0.05, 0) is 106 Å². The molecule has 1 amide bonds. The Kier molecular flexibility index (Phi) is 13.3. The Hall–Kier alpha value is -4.73. The van der Waals surface area contributed by atoms with E-state index < -0.39 is 20.9 Å². The number of anilines is 2. The Morgan fingerprint density at radius 2 is 1.64 bits per heavy atom. The van der Waals surface area contributed by atoms with Crippen LogP contribution in [0, 0.1) is 17.0 Å². The number of amides is 1. The lowest BCUT2D eigenvalue weighted by atomic mass is 10.1. The number of rotatable bonds is 16. The summed E-state index contributed by atoms with van der Waals surface area (Å²) in [5.41, 5.74) is 3.52. The van der Waals surface area contributed by atoms with E-state index in [1.54, 1.807) is 23.9 Å². The summed E-state index contributed by atoms with van der Waals surface area (Å²) in [6, 6.07) is 33.2. The fourth-order valence-corrected chi connectivity index (χ4v) is 9.36. The third kappa shape index (κ3) is 10.7. The molecule has 6 rings (SSSR count). The van der Waals surface area contributed by atoms with Gasteiger partial charge in [0.15, 0.2) is 0 Å². The van der Waals surface area contributed by atoms with Gasteiger partial charge in [-0.15, -0.1) is 23.1 Å². The molecule has 0 radical (unpaired) electrons.